The van der Waals surface area contributed by atoms with Crippen molar-refractivity contribution in [3.63, 3.8) is 0 Å². The number of hydrogen-bond donors (Lipinski definition) is 1. The van der Waals surface area contributed by atoms with Crippen LogP contribution in [0.2, 0.25) is 0 Å². The van der Waals surface area contributed by atoms with Crippen molar-refractivity contribution in [1.82, 2.24) is 10.2 Å². The predicted molar refractivity (Wildman–Crippen MR) is 53.9 cm³/mol. The molecule has 0 saturated heterocycles. The number of nitrogens with zero attached hydrogens (tertiary/aromatic N) is 1. The number of hydrogen-bond acceptors (Lipinski definition) is 2. The minimum atomic E-state index is 0.245. The molecule has 1 aromatic heterocycles. The van der Waals surface area contributed by atoms with Crippen LogP contribution >= 0.6 is 0 Å². The molecule has 0 bridgehead atoms. The summed E-state index contributed by atoms with van der Waals surface area (Å²) in [5.74, 6) is 0.693. The lowest BCUT2D eigenvalue weighted by Gasteiger charge is -2.10. The van der Waals surface area contributed by atoms with Gasteiger partial charge in [-0.1, -0.05) is 12.8 Å². The molecule has 2 rings (SSSR count). The number of H-pyrrole nitrogens is 1. The molecule has 14 heavy (non-hydrogen) atoms. The monoisotopic (exact) mass is 192 g/mol. The van der Waals surface area contributed by atoms with E-state index < -0.39 is 0 Å². The van der Waals surface area contributed by atoms with Crippen LogP contribution in [0.4, 0.5) is 0 Å². The lowest BCUT2D eigenvalue weighted by Crippen LogP contribution is -2.14. The summed E-state index contributed by atoms with van der Waals surface area (Å²) in [5.41, 5.74) is 1.16. The van der Waals surface area contributed by atoms with E-state index in [1.165, 1.54) is 12.8 Å². The number of aromatic amines is 1. The van der Waals surface area contributed by atoms with Gasteiger partial charge in [-0.3, -0.25) is 9.89 Å². The molecular formula is C11H16N2O. The molecule has 0 amide bonds. The zero-order valence-corrected chi connectivity index (χ0v) is 8.33. The third-order valence-corrected chi connectivity index (χ3v) is 2.97. The van der Waals surface area contributed by atoms with Crippen LogP contribution in [0.1, 0.15) is 37.7 Å². The minimum absolute atomic E-state index is 0.245. The van der Waals surface area contributed by atoms with Gasteiger partial charge in [0.1, 0.15) is 5.78 Å². The number of rotatable bonds is 2. The Bertz CT molecular complexity index is 292. The molecule has 0 aromatic carbocycles. The summed E-state index contributed by atoms with van der Waals surface area (Å²) >= 11 is 0. The first-order valence-electron chi connectivity index (χ1n) is 5.36. The van der Waals surface area contributed by atoms with Gasteiger partial charge in [-0.05, 0) is 24.8 Å². The molecule has 3 heteroatoms. The van der Waals surface area contributed by atoms with Gasteiger partial charge in [-0.15, -0.1) is 0 Å². The molecule has 1 N–H and O–H groups in total. The van der Waals surface area contributed by atoms with Gasteiger partial charge < -0.3 is 0 Å². The average Bonchev–Trinajstić information content (AvgIpc) is 2.60. The Labute approximate surface area is 83.9 Å². The van der Waals surface area contributed by atoms with Crippen molar-refractivity contribution in [3.8, 4) is 0 Å². The van der Waals surface area contributed by atoms with E-state index in [-0.39, 0.29) is 5.92 Å². The van der Waals surface area contributed by atoms with Crippen LogP contribution in [0, 0.1) is 5.92 Å². The van der Waals surface area contributed by atoms with Crippen molar-refractivity contribution in [2.24, 2.45) is 5.92 Å². The Morgan fingerprint density at radius 3 is 3.14 bits per heavy atom. The van der Waals surface area contributed by atoms with E-state index in [2.05, 4.69) is 10.2 Å². The van der Waals surface area contributed by atoms with Crippen molar-refractivity contribution in [3.05, 3.63) is 18.0 Å². The molecule has 1 heterocycles. The summed E-state index contributed by atoms with van der Waals surface area (Å²) < 4.78 is 0. The maximum atomic E-state index is 11.7. The highest BCUT2D eigenvalue weighted by Gasteiger charge is 2.20. The molecule has 1 fully saturated rings. The maximum Gasteiger partial charge on any atom is 0.136 e. The highest BCUT2D eigenvalue weighted by molar-refractivity contribution is 5.81. The van der Waals surface area contributed by atoms with Crippen molar-refractivity contribution in [2.75, 3.05) is 0 Å². The highest BCUT2D eigenvalue weighted by Crippen LogP contribution is 2.22. The Hall–Kier alpha value is -1.12. The highest BCUT2D eigenvalue weighted by atomic mass is 16.1. The smallest absolute Gasteiger partial charge is 0.136 e. The number of carbonyl (C=O) groups excluding carboxylic acids is 1. The third-order valence-electron chi connectivity index (χ3n) is 2.97. The quantitative estimate of drug-likeness (QED) is 0.729. The summed E-state index contributed by atoms with van der Waals surface area (Å²) in [6.45, 7) is 0. The van der Waals surface area contributed by atoms with Gasteiger partial charge >= 0.3 is 0 Å². The Morgan fingerprint density at radius 2 is 2.36 bits per heavy atom. The second-order valence-electron chi connectivity index (χ2n) is 4.07. The third kappa shape index (κ3) is 2.22. The van der Waals surface area contributed by atoms with Crippen LogP contribution in [-0.4, -0.2) is 16.0 Å². The largest absolute Gasteiger partial charge is 0.299 e. The number of Topliss-reactive ketones (excluding diaryl/α,β-unsaturated/α-hetero) is 1. The van der Waals surface area contributed by atoms with E-state index in [0.717, 1.165) is 31.2 Å². The molecule has 1 aromatic rings. The molecule has 1 aliphatic rings. The molecule has 1 atom stereocenters. The fourth-order valence-electron chi connectivity index (χ4n) is 2.12. The molecule has 0 aliphatic heterocycles. The fraction of sp³-hybridized carbons (Fsp3) is 0.636. The maximum absolute atomic E-state index is 11.7. The Kier molecular flexibility index (Phi) is 2.96. The van der Waals surface area contributed by atoms with Crippen LogP contribution < -0.4 is 0 Å². The Morgan fingerprint density at radius 1 is 1.43 bits per heavy atom. The summed E-state index contributed by atoms with van der Waals surface area (Å²) in [6.07, 6.45) is 9.92. The Balaban J connectivity index is 1.98. The zero-order valence-electron chi connectivity index (χ0n) is 8.33. The molecular weight excluding hydrogens is 176 g/mol. The van der Waals surface area contributed by atoms with Gasteiger partial charge in [0.25, 0.3) is 0 Å². The SMILES string of the molecule is O=C1CCCCCC1Cc1cn[nH]c1. The first-order valence-corrected chi connectivity index (χ1v) is 5.36. The second kappa shape index (κ2) is 4.40. The molecule has 3 nitrogen and oxygen atoms in total. The van der Waals surface area contributed by atoms with E-state index in [1.54, 1.807) is 0 Å². The minimum Gasteiger partial charge on any atom is -0.299 e. The topological polar surface area (TPSA) is 45.8 Å². The van der Waals surface area contributed by atoms with Crippen molar-refractivity contribution >= 4 is 5.78 Å². The molecule has 76 valence electrons. The molecule has 0 radical (unpaired) electrons. The number of nitrogens with one attached hydrogen (secondary N) is 1. The standard InChI is InChI=1S/C11H16N2O/c14-11-5-3-1-2-4-10(11)6-9-7-12-13-8-9/h7-8,10H,1-6H2,(H,12,13). The number of ketones is 1. The lowest BCUT2D eigenvalue weighted by atomic mass is 9.93. The van der Waals surface area contributed by atoms with Gasteiger partial charge in [-0.25, -0.2) is 0 Å². The van der Waals surface area contributed by atoms with Gasteiger partial charge in [0.15, 0.2) is 0 Å². The summed E-state index contributed by atoms with van der Waals surface area (Å²) in [6, 6.07) is 0. The normalized spacial score (nSPS) is 23.4. The van der Waals surface area contributed by atoms with E-state index in [4.69, 9.17) is 0 Å². The van der Waals surface area contributed by atoms with E-state index >= 15 is 0 Å². The molecule has 1 saturated carbocycles. The average molecular weight is 192 g/mol. The first kappa shape index (κ1) is 9.44. The fourth-order valence-corrected chi connectivity index (χ4v) is 2.12. The molecule has 1 unspecified atom stereocenters. The second-order valence-corrected chi connectivity index (χ2v) is 4.07. The van der Waals surface area contributed by atoms with Gasteiger partial charge in [0, 0.05) is 18.5 Å². The van der Waals surface area contributed by atoms with Crippen LogP contribution in [0.25, 0.3) is 0 Å². The predicted octanol–water partition coefficient (Wildman–Crippen LogP) is 2.10. The molecule has 0 spiro atoms. The van der Waals surface area contributed by atoms with E-state index in [9.17, 15) is 4.79 Å². The van der Waals surface area contributed by atoms with Crippen LogP contribution in [0.15, 0.2) is 12.4 Å². The van der Waals surface area contributed by atoms with Gasteiger partial charge in [-0.2, -0.15) is 5.10 Å². The van der Waals surface area contributed by atoms with Crippen molar-refractivity contribution in [1.29, 1.82) is 0 Å². The number of carbonyl (C=O) groups is 1. The molecule has 1 aliphatic carbocycles. The summed E-state index contributed by atoms with van der Waals surface area (Å²) in [5, 5.41) is 6.69. The number of aromatic nitrogens is 2. The van der Waals surface area contributed by atoms with Crippen molar-refractivity contribution < 1.29 is 4.79 Å². The van der Waals surface area contributed by atoms with Crippen LogP contribution in [0.3, 0.4) is 0 Å². The summed E-state index contributed by atoms with van der Waals surface area (Å²) in [7, 11) is 0. The first-order chi connectivity index (χ1) is 6.86. The van der Waals surface area contributed by atoms with Gasteiger partial charge in [0.2, 0.25) is 0 Å². The van der Waals surface area contributed by atoms with Gasteiger partial charge in [0.05, 0.1) is 6.20 Å². The van der Waals surface area contributed by atoms with Crippen molar-refractivity contribution in [2.45, 2.75) is 38.5 Å². The van der Waals surface area contributed by atoms with Crippen LogP contribution in [-0.2, 0) is 11.2 Å². The van der Waals surface area contributed by atoms with Crippen LogP contribution in [0.5, 0.6) is 0 Å². The lowest BCUT2D eigenvalue weighted by molar-refractivity contribution is -0.122. The summed E-state index contributed by atoms with van der Waals surface area (Å²) in [4.78, 5) is 11.7. The zero-order chi connectivity index (χ0) is 9.80. The van der Waals surface area contributed by atoms with E-state index in [1.807, 2.05) is 12.4 Å². The van der Waals surface area contributed by atoms with E-state index in [0.29, 0.717) is 5.78 Å².